The zero-order chi connectivity index (χ0) is 16.5. The maximum absolute atomic E-state index is 12.0. The molecule has 1 fully saturated rings. The molecule has 2 rings (SSSR count). The van der Waals surface area contributed by atoms with E-state index in [0.29, 0.717) is 17.3 Å². The third-order valence-electron chi connectivity index (χ3n) is 3.50. The van der Waals surface area contributed by atoms with Crippen molar-refractivity contribution in [3.8, 4) is 6.07 Å². The number of nitrogens with zero attached hydrogens (tertiary/aromatic N) is 2. The van der Waals surface area contributed by atoms with Crippen molar-refractivity contribution in [1.29, 1.82) is 5.26 Å². The summed E-state index contributed by atoms with van der Waals surface area (Å²) in [4.78, 5) is 14.4. The monoisotopic (exact) mass is 333 g/mol. The van der Waals surface area contributed by atoms with E-state index in [1.165, 1.54) is 6.20 Å². The van der Waals surface area contributed by atoms with Crippen molar-refractivity contribution in [3.05, 3.63) is 41.1 Å². The Hall–Kier alpha value is -2.07. The van der Waals surface area contributed by atoms with Crippen molar-refractivity contribution < 1.29 is 4.79 Å². The smallest absolute Gasteiger partial charge is 0.267 e. The van der Waals surface area contributed by atoms with Gasteiger partial charge in [-0.1, -0.05) is 11.6 Å². The standard InChI is InChI=1S/C16H20ClN5O/c17-14-1-3-15(4-2-14)21-16(23)13(11-18)12-20-7-10-22-8-5-19-6-9-22/h1-4,12,19-20H,5-10H2,(H,21,23)/b13-12-. The van der Waals surface area contributed by atoms with Crippen LogP contribution in [0.1, 0.15) is 0 Å². The Bertz CT molecular complexity index is 587. The fourth-order valence-corrected chi connectivity index (χ4v) is 2.34. The molecule has 0 unspecified atom stereocenters. The molecule has 1 amide bonds. The second kappa shape index (κ2) is 9.16. The average molecular weight is 334 g/mol. The summed E-state index contributed by atoms with van der Waals surface area (Å²) in [6.07, 6.45) is 1.47. The summed E-state index contributed by atoms with van der Waals surface area (Å²) in [6.45, 7) is 5.63. The number of halogens is 1. The third-order valence-corrected chi connectivity index (χ3v) is 3.75. The molecule has 0 atom stereocenters. The lowest BCUT2D eigenvalue weighted by molar-refractivity contribution is -0.112. The second-order valence-corrected chi connectivity index (χ2v) is 5.61. The molecule has 0 bridgehead atoms. The van der Waals surface area contributed by atoms with Crippen LogP contribution in [0.5, 0.6) is 0 Å². The number of piperazine rings is 1. The highest BCUT2D eigenvalue weighted by Crippen LogP contribution is 2.13. The maximum atomic E-state index is 12.0. The maximum Gasteiger partial charge on any atom is 0.267 e. The zero-order valence-corrected chi connectivity index (χ0v) is 13.6. The van der Waals surface area contributed by atoms with Gasteiger partial charge in [0, 0.05) is 56.2 Å². The van der Waals surface area contributed by atoms with Crippen LogP contribution in [-0.4, -0.2) is 50.1 Å². The van der Waals surface area contributed by atoms with Crippen LogP contribution < -0.4 is 16.0 Å². The lowest BCUT2D eigenvalue weighted by atomic mass is 10.2. The van der Waals surface area contributed by atoms with Gasteiger partial charge < -0.3 is 16.0 Å². The first kappa shape index (κ1) is 17.3. The molecular weight excluding hydrogens is 314 g/mol. The SMILES string of the molecule is N#C/C(=C/NCCN1CCNCC1)C(=O)Nc1ccc(Cl)cc1. The van der Waals surface area contributed by atoms with Crippen LogP contribution in [0.4, 0.5) is 5.69 Å². The fraction of sp³-hybridized carbons (Fsp3) is 0.375. The van der Waals surface area contributed by atoms with E-state index in [1.54, 1.807) is 24.3 Å². The number of carbonyl (C=O) groups excluding carboxylic acids is 1. The van der Waals surface area contributed by atoms with Gasteiger partial charge in [0.1, 0.15) is 11.6 Å². The van der Waals surface area contributed by atoms with Gasteiger partial charge in [-0.2, -0.15) is 5.26 Å². The Morgan fingerprint density at radius 3 is 2.70 bits per heavy atom. The molecule has 0 saturated carbocycles. The molecule has 1 aromatic carbocycles. The molecule has 0 aromatic heterocycles. The number of amides is 1. The molecule has 0 aliphatic carbocycles. The van der Waals surface area contributed by atoms with Crippen molar-refractivity contribution in [2.45, 2.75) is 0 Å². The normalized spacial score (nSPS) is 15.7. The minimum absolute atomic E-state index is 0.0419. The first-order chi connectivity index (χ1) is 11.2. The van der Waals surface area contributed by atoms with Crippen molar-refractivity contribution in [1.82, 2.24) is 15.5 Å². The van der Waals surface area contributed by atoms with Gasteiger partial charge in [-0.3, -0.25) is 9.69 Å². The number of hydrogen-bond acceptors (Lipinski definition) is 5. The second-order valence-electron chi connectivity index (χ2n) is 5.18. The number of rotatable bonds is 6. The predicted molar refractivity (Wildman–Crippen MR) is 91.1 cm³/mol. The molecule has 0 radical (unpaired) electrons. The summed E-state index contributed by atoms with van der Waals surface area (Å²) in [5.41, 5.74) is 0.640. The highest BCUT2D eigenvalue weighted by molar-refractivity contribution is 6.30. The topological polar surface area (TPSA) is 80.2 Å². The van der Waals surface area contributed by atoms with Gasteiger partial charge >= 0.3 is 0 Å². The largest absolute Gasteiger partial charge is 0.388 e. The first-order valence-corrected chi connectivity index (χ1v) is 7.90. The summed E-state index contributed by atoms with van der Waals surface area (Å²) in [5.74, 6) is -0.440. The molecule has 1 heterocycles. The molecule has 23 heavy (non-hydrogen) atoms. The summed E-state index contributed by atoms with van der Waals surface area (Å²) in [6, 6.07) is 8.64. The molecule has 122 valence electrons. The van der Waals surface area contributed by atoms with Crippen LogP contribution in [0.15, 0.2) is 36.0 Å². The van der Waals surface area contributed by atoms with Crippen LogP contribution in [0.2, 0.25) is 5.02 Å². The summed E-state index contributed by atoms with van der Waals surface area (Å²) < 4.78 is 0. The van der Waals surface area contributed by atoms with Crippen LogP contribution in [0.3, 0.4) is 0 Å². The summed E-state index contributed by atoms with van der Waals surface area (Å²) in [7, 11) is 0. The van der Waals surface area contributed by atoms with E-state index in [0.717, 1.165) is 32.7 Å². The zero-order valence-electron chi connectivity index (χ0n) is 12.8. The van der Waals surface area contributed by atoms with E-state index in [2.05, 4.69) is 20.9 Å². The van der Waals surface area contributed by atoms with E-state index in [1.807, 2.05) is 6.07 Å². The number of hydrogen-bond donors (Lipinski definition) is 3. The average Bonchev–Trinajstić information content (AvgIpc) is 2.58. The molecule has 1 aliphatic rings. The van der Waals surface area contributed by atoms with E-state index in [4.69, 9.17) is 16.9 Å². The lowest BCUT2D eigenvalue weighted by Gasteiger charge is -2.26. The highest BCUT2D eigenvalue weighted by Gasteiger charge is 2.10. The molecule has 7 heteroatoms. The Kier molecular flexibility index (Phi) is 6.88. The van der Waals surface area contributed by atoms with Gasteiger partial charge in [0.25, 0.3) is 5.91 Å². The predicted octanol–water partition coefficient (Wildman–Crippen LogP) is 1.18. The molecule has 1 saturated heterocycles. The minimum Gasteiger partial charge on any atom is -0.388 e. The molecule has 6 nitrogen and oxygen atoms in total. The molecule has 1 aromatic rings. The third kappa shape index (κ3) is 5.91. The molecular formula is C16H20ClN5O. The molecule has 3 N–H and O–H groups in total. The van der Waals surface area contributed by atoms with Gasteiger partial charge in [-0.15, -0.1) is 0 Å². The molecule has 1 aliphatic heterocycles. The van der Waals surface area contributed by atoms with Gasteiger partial charge in [0.15, 0.2) is 0 Å². The number of nitriles is 1. The van der Waals surface area contributed by atoms with Crippen LogP contribution in [-0.2, 0) is 4.79 Å². The van der Waals surface area contributed by atoms with Crippen molar-refractivity contribution in [3.63, 3.8) is 0 Å². The quantitative estimate of drug-likeness (QED) is 0.414. The van der Waals surface area contributed by atoms with Crippen molar-refractivity contribution >= 4 is 23.2 Å². The minimum atomic E-state index is -0.440. The fourth-order valence-electron chi connectivity index (χ4n) is 2.21. The molecule has 0 spiro atoms. The Morgan fingerprint density at radius 2 is 2.04 bits per heavy atom. The number of carbonyl (C=O) groups is 1. The van der Waals surface area contributed by atoms with Crippen LogP contribution >= 0.6 is 11.6 Å². The van der Waals surface area contributed by atoms with Crippen LogP contribution in [0, 0.1) is 11.3 Å². The first-order valence-electron chi connectivity index (χ1n) is 7.52. The van der Waals surface area contributed by atoms with Gasteiger partial charge in [0.2, 0.25) is 0 Å². The van der Waals surface area contributed by atoms with Gasteiger partial charge in [-0.05, 0) is 24.3 Å². The van der Waals surface area contributed by atoms with Gasteiger partial charge in [0.05, 0.1) is 0 Å². The van der Waals surface area contributed by atoms with E-state index in [9.17, 15) is 4.79 Å². The lowest BCUT2D eigenvalue weighted by Crippen LogP contribution is -2.45. The Balaban J connectivity index is 1.79. The highest BCUT2D eigenvalue weighted by atomic mass is 35.5. The number of nitrogens with one attached hydrogen (secondary N) is 3. The Labute approximate surface area is 141 Å². The summed E-state index contributed by atoms with van der Waals surface area (Å²) in [5, 5.41) is 18.7. The van der Waals surface area contributed by atoms with E-state index in [-0.39, 0.29) is 5.57 Å². The number of benzene rings is 1. The van der Waals surface area contributed by atoms with E-state index >= 15 is 0 Å². The number of anilines is 1. The summed E-state index contributed by atoms with van der Waals surface area (Å²) >= 11 is 5.79. The van der Waals surface area contributed by atoms with Crippen molar-refractivity contribution in [2.75, 3.05) is 44.6 Å². The van der Waals surface area contributed by atoms with E-state index < -0.39 is 5.91 Å². The van der Waals surface area contributed by atoms with Gasteiger partial charge in [-0.25, -0.2) is 0 Å². The van der Waals surface area contributed by atoms with Crippen molar-refractivity contribution in [2.24, 2.45) is 0 Å². The van der Waals surface area contributed by atoms with Crippen LogP contribution in [0.25, 0.3) is 0 Å². The Morgan fingerprint density at radius 1 is 1.35 bits per heavy atom.